The first-order valence-electron chi connectivity index (χ1n) is 6.38. The van der Waals surface area contributed by atoms with E-state index in [9.17, 15) is 0 Å². The molecule has 1 N–H and O–H groups in total. The molecule has 0 amide bonds. The van der Waals surface area contributed by atoms with Gasteiger partial charge < -0.3 is 5.11 Å². The Morgan fingerprint density at radius 3 is 1.53 bits per heavy atom. The van der Waals surface area contributed by atoms with Crippen molar-refractivity contribution >= 4 is 51.4 Å². The first kappa shape index (κ1) is 18.9. The van der Waals surface area contributed by atoms with Crippen LogP contribution in [0, 0.1) is 5.92 Å². The minimum absolute atomic E-state index is 0. The number of hydrogen-bond acceptors (Lipinski definition) is 1. The van der Waals surface area contributed by atoms with Crippen LogP contribution in [-0.4, -0.2) is 63.1 Å². The summed E-state index contributed by atoms with van der Waals surface area (Å²) in [7, 11) is 0. The first-order chi connectivity index (χ1) is 6.77. The van der Waals surface area contributed by atoms with Gasteiger partial charge in [-0.15, -0.1) is 0 Å². The van der Waals surface area contributed by atoms with E-state index < -0.39 is 0 Å². The minimum atomic E-state index is 0. The van der Waals surface area contributed by atoms with Crippen LogP contribution >= 0.6 is 0 Å². The van der Waals surface area contributed by atoms with Crippen molar-refractivity contribution in [3.8, 4) is 0 Å². The Labute approximate surface area is 139 Å². The molecule has 0 radical (unpaired) electrons. The summed E-state index contributed by atoms with van der Waals surface area (Å²) in [6.45, 7) is 4.97. The molecule has 0 atom stereocenters. The SMILES string of the molecule is CC(C)CCCCCCCCCCO.[KH]. The third-order valence-corrected chi connectivity index (χ3v) is 2.69. The number of aliphatic hydroxyl groups is 1. The monoisotopic (exact) mass is 240 g/mol. The van der Waals surface area contributed by atoms with Gasteiger partial charge >= 0.3 is 51.4 Å². The molecule has 0 saturated heterocycles. The van der Waals surface area contributed by atoms with Crippen LogP contribution in [0.2, 0.25) is 0 Å². The van der Waals surface area contributed by atoms with Gasteiger partial charge in [-0.1, -0.05) is 65.2 Å². The van der Waals surface area contributed by atoms with Crippen molar-refractivity contribution in [1.82, 2.24) is 0 Å². The quantitative estimate of drug-likeness (QED) is 0.458. The third kappa shape index (κ3) is 18.2. The van der Waals surface area contributed by atoms with E-state index in [-0.39, 0.29) is 51.4 Å². The van der Waals surface area contributed by atoms with Gasteiger partial charge in [-0.05, 0) is 12.3 Å². The Hall–Kier alpha value is 1.60. The normalized spacial score (nSPS) is 10.4. The van der Waals surface area contributed by atoms with Crippen LogP contribution in [0.5, 0.6) is 0 Å². The van der Waals surface area contributed by atoms with Gasteiger partial charge in [0.1, 0.15) is 0 Å². The summed E-state index contributed by atoms with van der Waals surface area (Å²) in [4.78, 5) is 0. The predicted molar refractivity (Wildman–Crippen MR) is 70.6 cm³/mol. The molecule has 0 aromatic rings. The molecule has 0 aliphatic carbocycles. The average molecular weight is 240 g/mol. The van der Waals surface area contributed by atoms with Gasteiger partial charge in [0, 0.05) is 6.61 Å². The van der Waals surface area contributed by atoms with E-state index >= 15 is 0 Å². The van der Waals surface area contributed by atoms with Crippen LogP contribution in [0.3, 0.4) is 0 Å². The topological polar surface area (TPSA) is 20.2 Å². The van der Waals surface area contributed by atoms with Crippen LogP contribution in [0.15, 0.2) is 0 Å². The van der Waals surface area contributed by atoms with E-state index in [4.69, 9.17) is 5.11 Å². The van der Waals surface area contributed by atoms with E-state index in [2.05, 4.69) is 13.8 Å². The van der Waals surface area contributed by atoms with E-state index in [1.54, 1.807) is 0 Å². The molecule has 0 aromatic carbocycles. The Bertz CT molecular complexity index is 105. The molecule has 88 valence electrons. The third-order valence-electron chi connectivity index (χ3n) is 2.69. The Morgan fingerprint density at radius 2 is 1.13 bits per heavy atom. The van der Waals surface area contributed by atoms with Crippen molar-refractivity contribution in [2.75, 3.05) is 6.61 Å². The second-order valence-electron chi connectivity index (χ2n) is 4.73. The molecule has 15 heavy (non-hydrogen) atoms. The van der Waals surface area contributed by atoms with Crippen molar-refractivity contribution in [1.29, 1.82) is 0 Å². The number of aliphatic hydroxyl groups excluding tert-OH is 1. The molecule has 0 aliphatic rings. The van der Waals surface area contributed by atoms with E-state index in [1.165, 1.54) is 51.4 Å². The van der Waals surface area contributed by atoms with E-state index in [1.807, 2.05) is 0 Å². The van der Waals surface area contributed by atoms with Crippen molar-refractivity contribution in [3.05, 3.63) is 0 Å². The molecule has 0 aromatic heterocycles. The van der Waals surface area contributed by atoms with Crippen LogP contribution in [-0.2, 0) is 0 Å². The standard InChI is InChI=1S/C13H28O.K.H/c1-13(2)11-9-7-5-3-4-6-8-10-12-14;;/h13-14H,3-12H2,1-2H3;;. The molecule has 0 rings (SSSR count). The van der Waals surface area contributed by atoms with Crippen molar-refractivity contribution in [2.45, 2.75) is 71.6 Å². The maximum atomic E-state index is 8.59. The van der Waals surface area contributed by atoms with Gasteiger partial charge in [-0.25, -0.2) is 0 Å². The molecule has 0 heterocycles. The van der Waals surface area contributed by atoms with Gasteiger partial charge in [-0.2, -0.15) is 0 Å². The molecule has 1 nitrogen and oxygen atoms in total. The maximum absolute atomic E-state index is 8.59. The van der Waals surface area contributed by atoms with Gasteiger partial charge in [0.15, 0.2) is 0 Å². The molecule has 0 unspecified atom stereocenters. The van der Waals surface area contributed by atoms with Crippen LogP contribution < -0.4 is 0 Å². The molecule has 0 aliphatic heterocycles. The number of hydrogen-bond donors (Lipinski definition) is 1. The summed E-state index contributed by atoms with van der Waals surface area (Å²) in [5.41, 5.74) is 0. The fourth-order valence-electron chi connectivity index (χ4n) is 1.73. The molecule has 0 bridgehead atoms. The van der Waals surface area contributed by atoms with Crippen LogP contribution in [0.4, 0.5) is 0 Å². The summed E-state index contributed by atoms with van der Waals surface area (Å²) < 4.78 is 0. The van der Waals surface area contributed by atoms with Crippen LogP contribution in [0.1, 0.15) is 71.6 Å². The Morgan fingerprint density at radius 1 is 0.733 bits per heavy atom. The molecular formula is C13H29KO. The summed E-state index contributed by atoms with van der Waals surface area (Å²) in [6.07, 6.45) is 11.9. The molecular weight excluding hydrogens is 211 g/mol. The Kier molecular flexibility index (Phi) is 19.7. The fourth-order valence-corrected chi connectivity index (χ4v) is 1.73. The van der Waals surface area contributed by atoms with Gasteiger partial charge in [-0.3, -0.25) is 0 Å². The molecule has 0 saturated carbocycles. The summed E-state index contributed by atoms with van der Waals surface area (Å²) in [5.74, 6) is 0.875. The fraction of sp³-hybridized carbons (Fsp3) is 1.00. The van der Waals surface area contributed by atoms with Gasteiger partial charge in [0.05, 0.1) is 0 Å². The average Bonchev–Trinajstić information content (AvgIpc) is 2.15. The zero-order valence-corrected chi connectivity index (χ0v) is 10.1. The van der Waals surface area contributed by atoms with E-state index in [0.29, 0.717) is 6.61 Å². The number of rotatable bonds is 10. The van der Waals surface area contributed by atoms with Gasteiger partial charge in [0.25, 0.3) is 0 Å². The summed E-state index contributed by atoms with van der Waals surface area (Å²) in [5, 5.41) is 8.59. The number of unbranched alkanes of at least 4 members (excludes halogenated alkanes) is 7. The second kappa shape index (κ2) is 15.6. The van der Waals surface area contributed by atoms with Crippen molar-refractivity contribution < 1.29 is 5.11 Å². The predicted octanol–water partition coefficient (Wildman–Crippen LogP) is 3.50. The summed E-state index contributed by atoms with van der Waals surface area (Å²) >= 11 is 0. The Balaban J connectivity index is 0. The second-order valence-corrected chi connectivity index (χ2v) is 4.73. The van der Waals surface area contributed by atoms with E-state index in [0.717, 1.165) is 12.3 Å². The zero-order chi connectivity index (χ0) is 10.6. The van der Waals surface area contributed by atoms with Gasteiger partial charge in [0.2, 0.25) is 0 Å². The zero-order valence-electron chi connectivity index (χ0n) is 10.1. The van der Waals surface area contributed by atoms with Crippen molar-refractivity contribution in [3.63, 3.8) is 0 Å². The molecule has 0 fully saturated rings. The molecule has 0 spiro atoms. The van der Waals surface area contributed by atoms with Crippen molar-refractivity contribution in [2.24, 2.45) is 5.92 Å². The first-order valence-corrected chi connectivity index (χ1v) is 6.38. The van der Waals surface area contributed by atoms with Crippen LogP contribution in [0.25, 0.3) is 0 Å². The molecule has 2 heteroatoms. The summed E-state index contributed by atoms with van der Waals surface area (Å²) in [6, 6.07) is 0.